The molecule has 1 aliphatic carbocycles. The Morgan fingerprint density at radius 2 is 2.26 bits per heavy atom. The van der Waals surface area contributed by atoms with Crippen molar-refractivity contribution in [1.82, 2.24) is 4.90 Å². The van der Waals surface area contributed by atoms with E-state index in [1.807, 2.05) is 18.0 Å². The van der Waals surface area contributed by atoms with Crippen molar-refractivity contribution in [3.63, 3.8) is 0 Å². The lowest BCUT2D eigenvalue weighted by atomic mass is 9.86. The molecule has 120 valence electrons. The summed E-state index contributed by atoms with van der Waals surface area (Å²) < 4.78 is 5.06. The zero-order valence-corrected chi connectivity index (χ0v) is 14.2. The second-order valence-corrected chi connectivity index (χ2v) is 5.84. The maximum absolute atomic E-state index is 9.58. The van der Waals surface area contributed by atoms with Gasteiger partial charge in [0.05, 0.1) is 7.11 Å². The lowest BCUT2D eigenvalue weighted by Crippen LogP contribution is -2.27. The molecule has 0 aromatic heterocycles. The van der Waals surface area contributed by atoms with Gasteiger partial charge in [-0.15, -0.1) is 0 Å². The average Bonchev–Trinajstić information content (AvgIpc) is 2.57. The van der Waals surface area contributed by atoms with Gasteiger partial charge in [-0.2, -0.15) is 5.26 Å². The van der Waals surface area contributed by atoms with Crippen LogP contribution < -0.4 is 0 Å². The Morgan fingerprint density at radius 3 is 2.87 bits per heavy atom. The average molecular weight is 308 g/mol. The molecule has 1 heterocycles. The van der Waals surface area contributed by atoms with Crippen molar-refractivity contribution >= 4 is 0 Å². The highest BCUT2D eigenvalue weighted by Crippen LogP contribution is 2.34. The van der Waals surface area contributed by atoms with Gasteiger partial charge in [-0.3, -0.25) is 0 Å². The van der Waals surface area contributed by atoms with Crippen LogP contribution in [-0.4, -0.2) is 25.6 Å². The van der Waals surface area contributed by atoms with Crippen molar-refractivity contribution in [3.05, 3.63) is 70.7 Å². The quantitative estimate of drug-likeness (QED) is 0.557. The first-order valence-electron chi connectivity index (χ1n) is 7.89. The molecule has 0 bridgehead atoms. The third-order valence-corrected chi connectivity index (χ3v) is 4.27. The molecule has 0 saturated carbocycles. The number of nitriles is 1. The Labute approximate surface area is 139 Å². The van der Waals surface area contributed by atoms with E-state index in [0.29, 0.717) is 5.76 Å². The Balaban J connectivity index is 2.37. The topological polar surface area (TPSA) is 36.3 Å². The van der Waals surface area contributed by atoms with Gasteiger partial charge in [0.1, 0.15) is 17.5 Å². The third kappa shape index (κ3) is 3.84. The van der Waals surface area contributed by atoms with E-state index in [1.165, 1.54) is 16.7 Å². The second-order valence-electron chi connectivity index (χ2n) is 5.84. The molecule has 2 aliphatic rings. The normalized spacial score (nSPS) is 18.3. The number of methoxy groups -OCH3 is 1. The predicted octanol–water partition coefficient (Wildman–Crippen LogP) is 4.41. The third-order valence-electron chi connectivity index (χ3n) is 4.27. The van der Waals surface area contributed by atoms with Crippen molar-refractivity contribution in [2.45, 2.75) is 26.2 Å². The fourth-order valence-corrected chi connectivity index (χ4v) is 2.94. The van der Waals surface area contributed by atoms with Crippen molar-refractivity contribution in [1.29, 1.82) is 5.26 Å². The summed E-state index contributed by atoms with van der Waals surface area (Å²) >= 11 is 0. The Hall–Kier alpha value is -2.47. The van der Waals surface area contributed by atoms with Crippen molar-refractivity contribution < 1.29 is 4.74 Å². The summed E-state index contributed by atoms with van der Waals surface area (Å²) in [5.74, 6) is 0.652. The fraction of sp³-hybridized carbons (Fsp3) is 0.350. The molecule has 2 rings (SSSR count). The number of hydrogen-bond acceptors (Lipinski definition) is 3. The summed E-state index contributed by atoms with van der Waals surface area (Å²) in [7, 11) is 3.60. The van der Waals surface area contributed by atoms with Gasteiger partial charge in [-0.1, -0.05) is 30.9 Å². The number of nitrogens with zero attached hydrogens (tertiary/aromatic N) is 2. The molecular weight excluding hydrogens is 284 g/mol. The summed E-state index contributed by atoms with van der Waals surface area (Å²) in [6.45, 7) is 6.70. The van der Waals surface area contributed by atoms with Crippen molar-refractivity contribution in [2.75, 3.05) is 20.7 Å². The minimum absolute atomic E-state index is 0.652. The van der Waals surface area contributed by atoms with Gasteiger partial charge in [-0.05, 0) is 49.0 Å². The summed E-state index contributed by atoms with van der Waals surface area (Å²) in [6.07, 6.45) is 13.5. The Kier molecular flexibility index (Phi) is 5.65. The van der Waals surface area contributed by atoms with Crippen LogP contribution in [-0.2, 0) is 4.74 Å². The molecule has 0 saturated heterocycles. The molecular formula is C20H24N2O. The van der Waals surface area contributed by atoms with Gasteiger partial charge in [0.15, 0.2) is 0 Å². The predicted molar refractivity (Wildman–Crippen MR) is 94.3 cm³/mol. The SMILES string of the molecule is C=C(/C=C\CC1=C(C)C(C2=CCCC=C2)=C(C#N)N(C)C1)OC. The highest BCUT2D eigenvalue weighted by Gasteiger charge is 2.24. The van der Waals surface area contributed by atoms with Crippen LogP contribution in [0.1, 0.15) is 26.2 Å². The summed E-state index contributed by atoms with van der Waals surface area (Å²) in [4.78, 5) is 2.04. The smallest absolute Gasteiger partial charge is 0.124 e. The molecule has 0 radical (unpaired) electrons. The minimum Gasteiger partial charge on any atom is -0.497 e. The van der Waals surface area contributed by atoms with Gasteiger partial charge < -0.3 is 9.64 Å². The summed E-state index contributed by atoms with van der Waals surface area (Å²) in [6, 6.07) is 2.38. The molecule has 0 aromatic rings. The van der Waals surface area contributed by atoms with Gasteiger partial charge in [0, 0.05) is 19.2 Å². The minimum atomic E-state index is 0.652. The van der Waals surface area contributed by atoms with E-state index < -0.39 is 0 Å². The van der Waals surface area contributed by atoms with Gasteiger partial charge in [0.25, 0.3) is 0 Å². The van der Waals surface area contributed by atoms with Gasteiger partial charge in [-0.25, -0.2) is 0 Å². The molecule has 3 heteroatoms. The van der Waals surface area contributed by atoms with Crippen molar-refractivity contribution in [3.8, 4) is 6.07 Å². The van der Waals surface area contributed by atoms with E-state index in [4.69, 9.17) is 4.74 Å². The molecule has 0 amide bonds. The van der Waals surface area contributed by atoms with Crippen LogP contribution >= 0.6 is 0 Å². The highest BCUT2D eigenvalue weighted by atomic mass is 16.5. The van der Waals surface area contributed by atoms with Crippen LogP contribution in [0.3, 0.4) is 0 Å². The Bertz CT molecular complexity index is 681. The van der Waals surface area contributed by atoms with E-state index >= 15 is 0 Å². The van der Waals surface area contributed by atoms with Gasteiger partial charge in [0.2, 0.25) is 0 Å². The highest BCUT2D eigenvalue weighted by molar-refractivity contribution is 5.60. The van der Waals surface area contributed by atoms with Gasteiger partial charge >= 0.3 is 0 Å². The first kappa shape index (κ1) is 16.9. The molecule has 0 N–H and O–H groups in total. The monoisotopic (exact) mass is 308 g/mol. The maximum atomic E-state index is 9.58. The van der Waals surface area contributed by atoms with Crippen LogP contribution in [0.5, 0.6) is 0 Å². The number of ether oxygens (including phenoxy) is 1. The zero-order chi connectivity index (χ0) is 16.8. The van der Waals surface area contributed by atoms with E-state index in [0.717, 1.165) is 37.1 Å². The molecule has 0 atom stereocenters. The number of allylic oxidation sites excluding steroid dienone is 9. The zero-order valence-electron chi connectivity index (χ0n) is 14.2. The van der Waals surface area contributed by atoms with Crippen LogP contribution in [0.25, 0.3) is 0 Å². The van der Waals surface area contributed by atoms with Crippen LogP contribution in [0.2, 0.25) is 0 Å². The molecule has 23 heavy (non-hydrogen) atoms. The molecule has 0 spiro atoms. The molecule has 0 unspecified atom stereocenters. The fourth-order valence-electron chi connectivity index (χ4n) is 2.94. The Morgan fingerprint density at radius 1 is 1.48 bits per heavy atom. The first-order valence-corrected chi connectivity index (χ1v) is 7.89. The standard InChI is InChI=1S/C20H24N2O/c1-15(23-4)9-8-12-18-14-22(3)19(13-21)20(16(18)2)17-10-6-5-7-11-17/h6,8-11H,1,5,7,12,14H2,2-4H3/b9-8-. The van der Waals surface area contributed by atoms with E-state index in [2.05, 4.69) is 43.9 Å². The van der Waals surface area contributed by atoms with Crippen LogP contribution in [0.4, 0.5) is 0 Å². The maximum Gasteiger partial charge on any atom is 0.124 e. The van der Waals surface area contributed by atoms with Crippen LogP contribution in [0.15, 0.2) is 70.7 Å². The lowest BCUT2D eigenvalue weighted by molar-refractivity contribution is 0.308. The van der Waals surface area contributed by atoms with Crippen molar-refractivity contribution in [2.24, 2.45) is 0 Å². The number of likely N-dealkylation sites (N-methyl/N-ethyl adjacent to an activating group) is 1. The largest absolute Gasteiger partial charge is 0.497 e. The molecule has 0 aromatic carbocycles. The van der Waals surface area contributed by atoms with Crippen LogP contribution in [0, 0.1) is 11.3 Å². The summed E-state index contributed by atoms with van der Waals surface area (Å²) in [5.41, 5.74) is 5.53. The molecule has 1 aliphatic heterocycles. The molecule has 3 nitrogen and oxygen atoms in total. The lowest BCUT2D eigenvalue weighted by Gasteiger charge is -2.31. The van der Waals surface area contributed by atoms with E-state index in [9.17, 15) is 5.26 Å². The summed E-state index contributed by atoms with van der Waals surface area (Å²) in [5, 5.41) is 9.58. The van der Waals surface area contributed by atoms with E-state index in [-0.39, 0.29) is 0 Å². The second kappa shape index (κ2) is 7.69. The first-order chi connectivity index (χ1) is 11.1. The number of rotatable bonds is 5. The number of hydrogen-bond donors (Lipinski definition) is 0. The van der Waals surface area contributed by atoms with E-state index in [1.54, 1.807) is 7.11 Å². The molecule has 0 fully saturated rings.